The van der Waals surface area contributed by atoms with E-state index in [2.05, 4.69) is 37.4 Å². The first-order valence-corrected chi connectivity index (χ1v) is 13.3. The summed E-state index contributed by atoms with van der Waals surface area (Å²) in [6, 6.07) is 10.7. The highest BCUT2D eigenvalue weighted by Gasteiger charge is 2.52. The number of hydrogen-bond acceptors (Lipinski definition) is 6. The minimum absolute atomic E-state index is 0.249. The lowest BCUT2D eigenvalue weighted by Crippen LogP contribution is -2.43. The Kier molecular flexibility index (Phi) is 7.57. The summed E-state index contributed by atoms with van der Waals surface area (Å²) in [6.45, 7) is 2.43. The minimum atomic E-state index is -2.77. The fraction of sp³-hybridized carbons (Fsp3) is 0.276. The van der Waals surface area contributed by atoms with E-state index in [0.717, 1.165) is 0 Å². The van der Waals surface area contributed by atoms with Crippen molar-refractivity contribution >= 4 is 23.5 Å². The SMILES string of the molecule is CC(C)(C)C#C[C@]1(c2ccc(-c3cnn(C(F)F)c3)cc2)NC(=N)N([C@H](CO)c2ccc(Cl)c(-c3ncn[nH]3)c2)C1=O. The average Bonchev–Trinajstić information content (AvgIpc) is 3.71. The van der Waals surface area contributed by atoms with Crippen LogP contribution in [0, 0.1) is 22.7 Å². The average molecular weight is 593 g/mol. The summed E-state index contributed by atoms with van der Waals surface area (Å²) in [7, 11) is 0. The monoisotopic (exact) mass is 592 g/mol. The lowest BCUT2D eigenvalue weighted by atomic mass is 9.86. The van der Waals surface area contributed by atoms with Crippen molar-refractivity contribution in [2.75, 3.05) is 6.61 Å². The second-order valence-corrected chi connectivity index (χ2v) is 11.1. The number of aliphatic hydroxyl groups excluding tert-OH is 1. The number of carbonyl (C=O) groups is 1. The second kappa shape index (κ2) is 11.0. The van der Waals surface area contributed by atoms with Crippen LogP contribution < -0.4 is 5.32 Å². The number of rotatable bonds is 7. The molecular weight excluding hydrogens is 566 g/mol. The molecule has 5 rings (SSSR count). The van der Waals surface area contributed by atoms with Crippen molar-refractivity contribution in [1.82, 2.24) is 35.2 Å². The van der Waals surface area contributed by atoms with Gasteiger partial charge in [0.2, 0.25) is 5.54 Å². The van der Waals surface area contributed by atoms with E-state index in [4.69, 9.17) is 17.0 Å². The van der Waals surface area contributed by atoms with Crippen molar-refractivity contribution < 1.29 is 18.7 Å². The molecule has 1 amide bonds. The summed E-state index contributed by atoms with van der Waals surface area (Å²) < 4.78 is 26.6. The van der Waals surface area contributed by atoms with Gasteiger partial charge in [-0.3, -0.25) is 20.2 Å². The number of H-pyrrole nitrogens is 1. The summed E-state index contributed by atoms with van der Waals surface area (Å²) in [5, 5.41) is 32.9. The molecular formula is C29H27ClF2N8O2. The molecule has 2 aromatic heterocycles. The lowest BCUT2D eigenvalue weighted by molar-refractivity contribution is -0.131. The maximum Gasteiger partial charge on any atom is 0.333 e. The number of halogens is 3. The van der Waals surface area contributed by atoms with Crippen LogP contribution in [-0.4, -0.2) is 53.4 Å². The van der Waals surface area contributed by atoms with Crippen LogP contribution >= 0.6 is 11.6 Å². The van der Waals surface area contributed by atoms with Crippen molar-refractivity contribution in [3.63, 3.8) is 0 Å². The first-order chi connectivity index (χ1) is 19.9. The Morgan fingerprint density at radius 2 is 1.90 bits per heavy atom. The molecule has 2 atom stereocenters. The quantitative estimate of drug-likeness (QED) is 0.229. The fourth-order valence-electron chi connectivity index (χ4n) is 4.61. The number of aromatic amines is 1. The number of alkyl halides is 2. The van der Waals surface area contributed by atoms with Crippen LogP contribution in [0.2, 0.25) is 5.02 Å². The highest BCUT2D eigenvalue weighted by molar-refractivity contribution is 6.33. The summed E-state index contributed by atoms with van der Waals surface area (Å²) in [4.78, 5) is 19.6. The molecule has 3 heterocycles. The van der Waals surface area contributed by atoms with E-state index in [1.54, 1.807) is 42.5 Å². The Morgan fingerprint density at radius 1 is 1.17 bits per heavy atom. The van der Waals surface area contributed by atoms with Crippen LogP contribution in [0.15, 0.2) is 61.2 Å². The van der Waals surface area contributed by atoms with Gasteiger partial charge in [-0.25, -0.2) is 9.67 Å². The molecule has 4 aromatic rings. The maximum absolute atomic E-state index is 14.3. The van der Waals surface area contributed by atoms with Gasteiger partial charge in [-0.2, -0.15) is 19.0 Å². The molecule has 4 N–H and O–H groups in total. The molecule has 0 spiro atoms. The minimum Gasteiger partial charge on any atom is -0.394 e. The molecule has 0 radical (unpaired) electrons. The van der Waals surface area contributed by atoms with E-state index in [0.29, 0.717) is 43.3 Å². The molecule has 1 aliphatic rings. The number of nitrogens with one attached hydrogen (secondary N) is 3. The lowest BCUT2D eigenvalue weighted by Gasteiger charge is -2.27. The van der Waals surface area contributed by atoms with Gasteiger partial charge < -0.3 is 10.4 Å². The van der Waals surface area contributed by atoms with Gasteiger partial charge >= 0.3 is 6.55 Å². The van der Waals surface area contributed by atoms with Crippen LogP contribution in [0.5, 0.6) is 0 Å². The Hall–Kier alpha value is -4.60. The van der Waals surface area contributed by atoms with Crippen molar-refractivity contribution in [3.8, 4) is 34.4 Å². The largest absolute Gasteiger partial charge is 0.394 e. The van der Waals surface area contributed by atoms with E-state index in [1.807, 2.05) is 20.8 Å². The van der Waals surface area contributed by atoms with Gasteiger partial charge in [0.25, 0.3) is 5.91 Å². The standard InChI is InChI=1S/C29H27ClF2N8O2/c1-28(2,3)10-11-29(20-7-4-17(5-8-20)19-13-36-39(14-19)26(31)32)25(42)40(27(33)37-29)23(15-41)18-6-9-22(30)21(12-18)24-34-16-35-38-24/h4-9,12-14,16,23,26,41H,15H2,1-3H3,(H2,33,37)(H,34,35,38)/t23-,29-/m1/s1. The van der Waals surface area contributed by atoms with Gasteiger partial charge in [-0.05, 0) is 49.6 Å². The highest BCUT2D eigenvalue weighted by Crippen LogP contribution is 2.37. The zero-order chi connectivity index (χ0) is 30.2. The number of benzene rings is 2. The molecule has 216 valence electrons. The van der Waals surface area contributed by atoms with E-state index in [1.165, 1.54) is 23.6 Å². The Morgan fingerprint density at radius 3 is 2.50 bits per heavy atom. The normalized spacial score (nSPS) is 17.8. The zero-order valence-electron chi connectivity index (χ0n) is 22.9. The summed E-state index contributed by atoms with van der Waals surface area (Å²) in [6.07, 6.45) is 3.90. The first-order valence-electron chi connectivity index (χ1n) is 12.9. The van der Waals surface area contributed by atoms with Gasteiger partial charge in [0, 0.05) is 22.7 Å². The predicted octanol–water partition coefficient (Wildman–Crippen LogP) is 4.73. The third-order valence-electron chi connectivity index (χ3n) is 6.69. The number of aromatic nitrogens is 5. The van der Waals surface area contributed by atoms with Gasteiger partial charge in [-0.1, -0.05) is 53.8 Å². The zero-order valence-corrected chi connectivity index (χ0v) is 23.6. The highest BCUT2D eigenvalue weighted by atomic mass is 35.5. The molecule has 0 saturated carbocycles. The number of hydrogen-bond donors (Lipinski definition) is 4. The molecule has 0 aliphatic carbocycles. The van der Waals surface area contributed by atoms with Crippen LogP contribution in [-0.2, 0) is 10.3 Å². The van der Waals surface area contributed by atoms with E-state index in [9.17, 15) is 18.7 Å². The Bertz CT molecular complexity index is 1690. The number of amides is 1. The Labute approximate surface area is 245 Å². The smallest absolute Gasteiger partial charge is 0.333 e. The van der Waals surface area contributed by atoms with Crippen molar-refractivity contribution in [2.45, 2.75) is 38.9 Å². The third kappa shape index (κ3) is 5.36. The molecule has 2 aromatic carbocycles. The molecule has 1 saturated heterocycles. The molecule has 1 aliphatic heterocycles. The summed E-state index contributed by atoms with van der Waals surface area (Å²) >= 11 is 6.39. The maximum atomic E-state index is 14.3. The van der Waals surface area contributed by atoms with E-state index >= 15 is 0 Å². The number of aliphatic hydroxyl groups is 1. The topological polar surface area (TPSA) is 136 Å². The van der Waals surface area contributed by atoms with Gasteiger partial charge in [0.05, 0.1) is 23.9 Å². The van der Waals surface area contributed by atoms with E-state index < -0.39 is 36.1 Å². The van der Waals surface area contributed by atoms with Crippen molar-refractivity contribution in [2.24, 2.45) is 5.41 Å². The van der Waals surface area contributed by atoms with E-state index in [-0.39, 0.29) is 5.96 Å². The molecule has 1 fully saturated rings. The fourth-order valence-corrected chi connectivity index (χ4v) is 4.82. The Balaban J connectivity index is 1.55. The van der Waals surface area contributed by atoms with Gasteiger partial charge in [0.1, 0.15) is 6.33 Å². The molecule has 0 unspecified atom stereocenters. The number of carbonyl (C=O) groups excluding carboxylic acids is 1. The summed E-state index contributed by atoms with van der Waals surface area (Å²) in [5.74, 6) is 5.79. The summed E-state index contributed by atoms with van der Waals surface area (Å²) in [5.41, 5.74) is 0.423. The van der Waals surface area contributed by atoms with Gasteiger partial charge in [0.15, 0.2) is 11.8 Å². The molecule has 13 heteroatoms. The molecule has 42 heavy (non-hydrogen) atoms. The van der Waals surface area contributed by atoms with Crippen LogP contribution in [0.1, 0.15) is 44.5 Å². The van der Waals surface area contributed by atoms with Gasteiger partial charge in [-0.15, -0.1) is 0 Å². The predicted molar refractivity (Wildman–Crippen MR) is 152 cm³/mol. The molecule has 0 bridgehead atoms. The second-order valence-electron chi connectivity index (χ2n) is 10.7. The van der Waals surface area contributed by atoms with Crippen LogP contribution in [0.4, 0.5) is 8.78 Å². The molecule has 10 nitrogen and oxygen atoms in total. The number of nitrogens with zero attached hydrogens (tertiary/aromatic N) is 5. The third-order valence-corrected chi connectivity index (χ3v) is 7.02. The van der Waals surface area contributed by atoms with Crippen LogP contribution in [0.3, 0.4) is 0 Å². The van der Waals surface area contributed by atoms with Crippen LogP contribution in [0.25, 0.3) is 22.5 Å². The first kappa shape index (κ1) is 28.9. The number of guanidine groups is 1. The van der Waals surface area contributed by atoms with Crippen molar-refractivity contribution in [1.29, 1.82) is 5.41 Å². The van der Waals surface area contributed by atoms with Crippen molar-refractivity contribution in [3.05, 3.63) is 77.3 Å².